The standard InChI is InChI=1S/C25H37BrO2/c1-3-5-11-18-27-22-14-15-24-21(20-22)13-16-25(23(24)4-2)28-19-12-9-7-6-8-10-17-26/h13-16,20H,3-12,17-19H2,1-2H3. The zero-order chi connectivity index (χ0) is 20.0. The largest absolute Gasteiger partial charge is 0.494 e. The Morgan fingerprint density at radius 1 is 0.750 bits per heavy atom. The van der Waals surface area contributed by atoms with Crippen molar-refractivity contribution in [1.82, 2.24) is 0 Å². The van der Waals surface area contributed by atoms with Crippen LogP contribution < -0.4 is 9.47 Å². The minimum Gasteiger partial charge on any atom is -0.494 e. The van der Waals surface area contributed by atoms with Crippen LogP contribution in [0, 0.1) is 0 Å². The molecular formula is C25H37BrO2. The Bertz CT molecular complexity index is 684. The first-order valence-electron chi connectivity index (χ1n) is 11.2. The molecule has 0 unspecified atom stereocenters. The van der Waals surface area contributed by atoms with Crippen molar-refractivity contribution in [1.29, 1.82) is 0 Å². The Labute approximate surface area is 180 Å². The van der Waals surface area contributed by atoms with Crippen molar-refractivity contribution in [2.75, 3.05) is 18.5 Å². The van der Waals surface area contributed by atoms with Crippen LogP contribution in [0.25, 0.3) is 10.8 Å². The Kier molecular flexibility index (Phi) is 11.4. The summed E-state index contributed by atoms with van der Waals surface area (Å²) in [4.78, 5) is 0. The fraction of sp³-hybridized carbons (Fsp3) is 0.600. The van der Waals surface area contributed by atoms with E-state index in [2.05, 4.69) is 60.1 Å². The molecule has 0 fully saturated rings. The molecule has 0 saturated carbocycles. The highest BCUT2D eigenvalue weighted by atomic mass is 79.9. The Morgan fingerprint density at radius 3 is 2.21 bits per heavy atom. The summed E-state index contributed by atoms with van der Waals surface area (Å²) in [5.41, 5.74) is 1.31. The number of unbranched alkanes of at least 4 members (excludes halogenated alkanes) is 7. The lowest BCUT2D eigenvalue weighted by Gasteiger charge is -2.14. The van der Waals surface area contributed by atoms with Gasteiger partial charge in [0.2, 0.25) is 0 Å². The van der Waals surface area contributed by atoms with E-state index < -0.39 is 0 Å². The van der Waals surface area contributed by atoms with Crippen LogP contribution in [0.2, 0.25) is 0 Å². The Hall–Kier alpha value is -1.22. The summed E-state index contributed by atoms with van der Waals surface area (Å²) in [6.07, 6.45) is 12.2. The molecule has 0 saturated heterocycles. The zero-order valence-electron chi connectivity index (χ0n) is 17.8. The van der Waals surface area contributed by atoms with Crippen LogP contribution in [0.5, 0.6) is 11.5 Å². The van der Waals surface area contributed by atoms with Crippen LogP contribution in [0.1, 0.15) is 77.2 Å². The minimum absolute atomic E-state index is 0.803. The lowest BCUT2D eigenvalue weighted by atomic mass is 10.0. The molecular weight excluding hydrogens is 412 g/mol. The van der Waals surface area contributed by atoms with Gasteiger partial charge in [-0.3, -0.25) is 0 Å². The van der Waals surface area contributed by atoms with Crippen LogP contribution >= 0.6 is 15.9 Å². The smallest absolute Gasteiger partial charge is 0.123 e. The third kappa shape index (κ3) is 7.66. The number of benzene rings is 2. The fourth-order valence-corrected chi connectivity index (χ4v) is 3.97. The molecule has 0 aromatic heterocycles. The summed E-state index contributed by atoms with van der Waals surface area (Å²) in [5.74, 6) is 2.02. The summed E-state index contributed by atoms with van der Waals surface area (Å²) in [5, 5.41) is 3.66. The van der Waals surface area contributed by atoms with E-state index in [0.29, 0.717) is 0 Å². The summed E-state index contributed by atoms with van der Waals surface area (Å²) in [6, 6.07) is 10.8. The van der Waals surface area contributed by atoms with Gasteiger partial charge < -0.3 is 9.47 Å². The number of alkyl halides is 1. The first kappa shape index (κ1) is 23.1. The second-order valence-corrected chi connectivity index (χ2v) is 8.29. The maximum Gasteiger partial charge on any atom is 0.123 e. The average molecular weight is 449 g/mol. The number of aryl methyl sites for hydroxylation is 1. The number of hydrogen-bond donors (Lipinski definition) is 0. The van der Waals surface area contributed by atoms with Gasteiger partial charge in [-0.05, 0) is 54.7 Å². The summed E-state index contributed by atoms with van der Waals surface area (Å²) >= 11 is 3.49. The number of hydrogen-bond acceptors (Lipinski definition) is 2. The fourth-order valence-electron chi connectivity index (χ4n) is 3.57. The molecule has 0 atom stereocenters. The van der Waals surface area contributed by atoms with Crippen molar-refractivity contribution in [2.24, 2.45) is 0 Å². The predicted molar refractivity (Wildman–Crippen MR) is 125 cm³/mol. The second kappa shape index (κ2) is 13.9. The molecule has 0 aliphatic heterocycles. The van der Waals surface area contributed by atoms with Gasteiger partial charge in [0.05, 0.1) is 13.2 Å². The van der Waals surface area contributed by atoms with Gasteiger partial charge in [0.1, 0.15) is 11.5 Å². The highest BCUT2D eigenvalue weighted by Gasteiger charge is 2.08. The van der Waals surface area contributed by atoms with Crippen molar-refractivity contribution in [3.63, 3.8) is 0 Å². The molecule has 3 heteroatoms. The number of ether oxygens (including phenoxy) is 2. The molecule has 0 radical (unpaired) electrons. The van der Waals surface area contributed by atoms with Gasteiger partial charge in [-0.15, -0.1) is 0 Å². The molecule has 2 rings (SSSR count). The van der Waals surface area contributed by atoms with Gasteiger partial charge in [0.15, 0.2) is 0 Å². The van der Waals surface area contributed by atoms with Crippen molar-refractivity contribution < 1.29 is 9.47 Å². The van der Waals surface area contributed by atoms with Crippen LogP contribution in [0.15, 0.2) is 30.3 Å². The van der Waals surface area contributed by atoms with E-state index in [1.54, 1.807) is 0 Å². The van der Waals surface area contributed by atoms with Gasteiger partial charge in [0.25, 0.3) is 0 Å². The molecule has 2 nitrogen and oxygen atoms in total. The van der Waals surface area contributed by atoms with Crippen LogP contribution in [0.3, 0.4) is 0 Å². The molecule has 0 aliphatic rings. The predicted octanol–water partition coefficient (Wildman–Crippen LogP) is 8.09. The van der Waals surface area contributed by atoms with Gasteiger partial charge in [-0.25, -0.2) is 0 Å². The third-order valence-electron chi connectivity index (χ3n) is 5.22. The normalized spacial score (nSPS) is 11.1. The Morgan fingerprint density at radius 2 is 1.46 bits per heavy atom. The molecule has 156 valence electrons. The maximum absolute atomic E-state index is 6.15. The van der Waals surface area contributed by atoms with Crippen molar-refractivity contribution >= 4 is 26.7 Å². The third-order valence-corrected chi connectivity index (χ3v) is 5.78. The number of halogens is 1. The van der Waals surface area contributed by atoms with Gasteiger partial charge >= 0.3 is 0 Å². The molecule has 0 spiro atoms. The van der Waals surface area contributed by atoms with Crippen molar-refractivity contribution in [2.45, 2.75) is 78.1 Å². The average Bonchev–Trinajstić information content (AvgIpc) is 2.72. The molecule has 0 amide bonds. The molecule has 2 aromatic carbocycles. The van der Waals surface area contributed by atoms with Crippen molar-refractivity contribution in [3.05, 3.63) is 35.9 Å². The molecule has 28 heavy (non-hydrogen) atoms. The Balaban J connectivity index is 1.88. The SMILES string of the molecule is CCCCCOc1ccc2c(CC)c(OCCCCCCCCBr)ccc2c1. The molecule has 0 heterocycles. The van der Waals surface area contributed by atoms with Crippen LogP contribution in [0.4, 0.5) is 0 Å². The maximum atomic E-state index is 6.15. The topological polar surface area (TPSA) is 18.5 Å². The molecule has 0 bridgehead atoms. The monoisotopic (exact) mass is 448 g/mol. The molecule has 0 N–H and O–H groups in total. The zero-order valence-corrected chi connectivity index (χ0v) is 19.4. The molecule has 0 aliphatic carbocycles. The van der Waals surface area contributed by atoms with E-state index in [9.17, 15) is 0 Å². The summed E-state index contributed by atoms with van der Waals surface area (Å²) < 4.78 is 12.1. The summed E-state index contributed by atoms with van der Waals surface area (Å²) in [6.45, 7) is 6.04. The highest BCUT2D eigenvalue weighted by molar-refractivity contribution is 9.09. The molecule has 2 aromatic rings. The van der Waals surface area contributed by atoms with E-state index >= 15 is 0 Å². The van der Waals surface area contributed by atoms with Crippen molar-refractivity contribution in [3.8, 4) is 11.5 Å². The van der Waals surface area contributed by atoms with Gasteiger partial charge in [-0.2, -0.15) is 0 Å². The van der Waals surface area contributed by atoms with Gasteiger partial charge in [0, 0.05) is 10.9 Å². The highest BCUT2D eigenvalue weighted by Crippen LogP contribution is 2.31. The quantitative estimate of drug-likeness (QED) is 0.202. The van der Waals surface area contributed by atoms with E-state index in [4.69, 9.17) is 9.47 Å². The van der Waals surface area contributed by atoms with Crippen LogP contribution in [-0.2, 0) is 6.42 Å². The van der Waals surface area contributed by atoms with Crippen LogP contribution in [-0.4, -0.2) is 18.5 Å². The van der Waals surface area contributed by atoms with E-state index in [0.717, 1.165) is 49.3 Å². The van der Waals surface area contributed by atoms with Gasteiger partial charge in [-0.1, -0.05) is 80.4 Å². The minimum atomic E-state index is 0.803. The van der Waals surface area contributed by atoms with E-state index in [1.165, 1.54) is 61.3 Å². The first-order chi connectivity index (χ1) is 13.8. The second-order valence-electron chi connectivity index (χ2n) is 7.49. The lowest BCUT2D eigenvalue weighted by molar-refractivity contribution is 0.302. The first-order valence-corrected chi connectivity index (χ1v) is 12.3. The number of rotatable bonds is 15. The summed E-state index contributed by atoms with van der Waals surface area (Å²) in [7, 11) is 0. The van der Waals surface area contributed by atoms with E-state index in [1.807, 2.05) is 0 Å². The lowest BCUT2D eigenvalue weighted by Crippen LogP contribution is -2.01. The number of fused-ring (bicyclic) bond motifs is 1. The van der Waals surface area contributed by atoms with E-state index in [-0.39, 0.29) is 0 Å².